The Hall–Kier alpha value is -3.60. The van der Waals surface area contributed by atoms with Crippen LogP contribution >= 0.6 is 0 Å². The number of anilines is 1. The molecule has 0 radical (unpaired) electrons. The standard InChI is InChI=1S/C26H31N5O3/c1-16(2)33-20-8-10-23(28-14-20)34-26(5)12-18(4)31(15-17(26)3)22-11-24(32)30(6)21-9-7-19(13-27)29-25(21)22/h7-11,14,16-18H,12,15H2,1-6H3/t17-,18-,26?/m0/s1. The van der Waals surface area contributed by atoms with Crippen molar-refractivity contribution >= 4 is 16.7 Å². The Morgan fingerprint density at radius 1 is 1.24 bits per heavy atom. The number of nitrogens with zero attached hydrogens (tertiary/aromatic N) is 5. The third-order valence-electron chi connectivity index (χ3n) is 6.66. The van der Waals surface area contributed by atoms with Crippen LogP contribution in [-0.4, -0.2) is 38.8 Å². The topological polar surface area (TPSA) is 93.3 Å². The van der Waals surface area contributed by atoms with Crippen LogP contribution in [0, 0.1) is 17.2 Å². The maximum absolute atomic E-state index is 12.7. The van der Waals surface area contributed by atoms with E-state index >= 15 is 0 Å². The summed E-state index contributed by atoms with van der Waals surface area (Å²) in [6.45, 7) is 11.0. The van der Waals surface area contributed by atoms with E-state index in [9.17, 15) is 10.1 Å². The normalized spacial score (nSPS) is 22.6. The zero-order chi connectivity index (χ0) is 24.6. The van der Waals surface area contributed by atoms with Crippen LogP contribution in [0.15, 0.2) is 41.3 Å². The number of piperidine rings is 1. The van der Waals surface area contributed by atoms with E-state index in [4.69, 9.17) is 9.47 Å². The van der Waals surface area contributed by atoms with Crippen molar-refractivity contribution in [2.24, 2.45) is 13.0 Å². The second-order valence-electron chi connectivity index (χ2n) is 9.62. The summed E-state index contributed by atoms with van der Waals surface area (Å²) >= 11 is 0. The quantitative estimate of drug-likeness (QED) is 0.566. The van der Waals surface area contributed by atoms with E-state index in [1.54, 1.807) is 36.0 Å². The fourth-order valence-corrected chi connectivity index (χ4v) is 4.64. The smallest absolute Gasteiger partial charge is 0.252 e. The van der Waals surface area contributed by atoms with Gasteiger partial charge in [0, 0.05) is 44.1 Å². The predicted molar refractivity (Wildman–Crippen MR) is 131 cm³/mol. The number of hydrogen-bond acceptors (Lipinski definition) is 7. The molecule has 3 aromatic rings. The van der Waals surface area contributed by atoms with Crippen LogP contribution in [0.4, 0.5) is 5.69 Å². The Morgan fingerprint density at radius 3 is 2.65 bits per heavy atom. The minimum atomic E-state index is -0.440. The largest absolute Gasteiger partial charge is 0.489 e. The van der Waals surface area contributed by atoms with Crippen molar-refractivity contribution in [3.8, 4) is 17.7 Å². The monoisotopic (exact) mass is 461 g/mol. The number of fused-ring (bicyclic) bond motifs is 1. The van der Waals surface area contributed by atoms with Crippen molar-refractivity contribution in [2.45, 2.75) is 58.8 Å². The number of aromatic nitrogens is 3. The molecule has 0 bridgehead atoms. The van der Waals surface area contributed by atoms with Crippen LogP contribution in [0.5, 0.6) is 11.6 Å². The summed E-state index contributed by atoms with van der Waals surface area (Å²) in [6, 6.07) is 10.9. The van der Waals surface area contributed by atoms with Crippen molar-refractivity contribution < 1.29 is 9.47 Å². The van der Waals surface area contributed by atoms with Crippen LogP contribution in [0.3, 0.4) is 0 Å². The number of aryl methyl sites for hydroxylation is 1. The van der Waals surface area contributed by atoms with E-state index in [0.717, 1.165) is 12.1 Å². The Kier molecular flexibility index (Phi) is 6.22. The molecule has 0 saturated carbocycles. The van der Waals surface area contributed by atoms with E-state index in [1.807, 2.05) is 26.0 Å². The van der Waals surface area contributed by atoms with E-state index in [1.165, 1.54) is 0 Å². The lowest BCUT2D eigenvalue weighted by Gasteiger charge is -2.48. The molecule has 0 N–H and O–H groups in total. The Balaban J connectivity index is 1.62. The maximum Gasteiger partial charge on any atom is 0.252 e. The summed E-state index contributed by atoms with van der Waals surface area (Å²) < 4.78 is 13.7. The lowest BCUT2D eigenvalue weighted by atomic mass is 9.80. The lowest BCUT2D eigenvalue weighted by molar-refractivity contribution is 0.00126. The molecule has 1 aliphatic heterocycles. The lowest BCUT2D eigenvalue weighted by Crippen LogP contribution is -2.56. The maximum atomic E-state index is 12.7. The van der Waals surface area contributed by atoms with Gasteiger partial charge in [0.2, 0.25) is 5.88 Å². The van der Waals surface area contributed by atoms with Gasteiger partial charge in [-0.15, -0.1) is 0 Å². The zero-order valence-corrected chi connectivity index (χ0v) is 20.6. The molecular weight excluding hydrogens is 430 g/mol. The highest BCUT2D eigenvalue weighted by Crippen LogP contribution is 2.38. The van der Waals surface area contributed by atoms with Gasteiger partial charge in [-0.2, -0.15) is 5.26 Å². The minimum absolute atomic E-state index is 0.0765. The molecule has 0 aliphatic carbocycles. The van der Waals surface area contributed by atoms with Crippen molar-refractivity contribution in [3.05, 3.63) is 52.6 Å². The van der Waals surface area contributed by atoms with Gasteiger partial charge in [-0.05, 0) is 45.9 Å². The van der Waals surface area contributed by atoms with Crippen LogP contribution < -0.4 is 19.9 Å². The predicted octanol–water partition coefficient (Wildman–Crippen LogP) is 4.06. The van der Waals surface area contributed by atoms with Gasteiger partial charge >= 0.3 is 0 Å². The minimum Gasteiger partial charge on any atom is -0.489 e. The van der Waals surface area contributed by atoms with Gasteiger partial charge in [0.05, 0.1) is 23.5 Å². The molecule has 8 heteroatoms. The van der Waals surface area contributed by atoms with Crippen molar-refractivity contribution in [1.82, 2.24) is 14.5 Å². The summed E-state index contributed by atoms with van der Waals surface area (Å²) in [5, 5.41) is 9.36. The molecule has 0 amide bonds. The highest BCUT2D eigenvalue weighted by Gasteiger charge is 2.43. The van der Waals surface area contributed by atoms with Gasteiger partial charge in [-0.3, -0.25) is 4.79 Å². The Bertz CT molecular complexity index is 1290. The molecule has 1 unspecified atom stereocenters. The first kappa shape index (κ1) is 23.6. The molecule has 4 rings (SSSR count). The molecule has 1 aliphatic rings. The zero-order valence-electron chi connectivity index (χ0n) is 20.6. The highest BCUT2D eigenvalue weighted by atomic mass is 16.5. The van der Waals surface area contributed by atoms with Gasteiger partial charge in [-0.1, -0.05) is 6.92 Å². The van der Waals surface area contributed by atoms with Crippen molar-refractivity contribution in [1.29, 1.82) is 5.26 Å². The summed E-state index contributed by atoms with van der Waals surface area (Å²) in [4.78, 5) is 23.9. The highest BCUT2D eigenvalue weighted by molar-refractivity contribution is 5.89. The molecule has 1 fully saturated rings. The SMILES string of the molecule is CC(C)Oc1ccc(OC2(C)C[C@H](C)N(c3cc(=O)n(C)c4ccc(C#N)nc34)C[C@@H]2C)nc1. The second-order valence-corrected chi connectivity index (χ2v) is 9.62. The summed E-state index contributed by atoms with van der Waals surface area (Å²) in [7, 11) is 1.72. The average Bonchev–Trinajstić information content (AvgIpc) is 2.79. The Labute approximate surface area is 199 Å². The van der Waals surface area contributed by atoms with E-state index in [0.29, 0.717) is 34.9 Å². The van der Waals surface area contributed by atoms with Crippen LogP contribution in [0.2, 0.25) is 0 Å². The van der Waals surface area contributed by atoms with Crippen LogP contribution in [0.25, 0.3) is 11.0 Å². The number of hydrogen-bond donors (Lipinski definition) is 0. The Morgan fingerprint density at radius 2 is 2.00 bits per heavy atom. The van der Waals surface area contributed by atoms with Gasteiger partial charge in [0.15, 0.2) is 0 Å². The second kappa shape index (κ2) is 8.98. The summed E-state index contributed by atoms with van der Waals surface area (Å²) in [5.74, 6) is 1.41. The number of pyridine rings is 3. The molecule has 8 nitrogen and oxygen atoms in total. The van der Waals surface area contributed by atoms with Crippen LogP contribution in [-0.2, 0) is 7.05 Å². The van der Waals surface area contributed by atoms with Crippen molar-refractivity contribution in [2.75, 3.05) is 11.4 Å². The number of rotatable bonds is 5. The summed E-state index contributed by atoms with van der Waals surface area (Å²) in [6.07, 6.45) is 2.50. The summed E-state index contributed by atoms with van der Waals surface area (Å²) in [5.41, 5.74) is 1.90. The average molecular weight is 462 g/mol. The fraction of sp³-hybridized carbons (Fsp3) is 0.462. The molecule has 3 atom stereocenters. The molecule has 0 spiro atoms. The van der Waals surface area contributed by atoms with E-state index < -0.39 is 5.60 Å². The first-order valence-electron chi connectivity index (χ1n) is 11.6. The molecular formula is C26H31N5O3. The molecule has 178 valence electrons. The molecule has 4 heterocycles. The van der Waals surface area contributed by atoms with Crippen LogP contribution in [0.1, 0.15) is 46.7 Å². The first-order valence-corrected chi connectivity index (χ1v) is 11.6. The number of nitriles is 1. The molecule has 1 saturated heterocycles. The molecule has 34 heavy (non-hydrogen) atoms. The first-order chi connectivity index (χ1) is 16.1. The molecule has 3 aromatic heterocycles. The van der Waals surface area contributed by atoms with E-state index in [-0.39, 0.29) is 23.6 Å². The van der Waals surface area contributed by atoms with Gasteiger partial charge in [-0.25, -0.2) is 9.97 Å². The van der Waals surface area contributed by atoms with Crippen molar-refractivity contribution in [3.63, 3.8) is 0 Å². The third kappa shape index (κ3) is 4.43. The van der Waals surface area contributed by atoms with Gasteiger partial charge < -0.3 is 18.9 Å². The van der Waals surface area contributed by atoms with Gasteiger partial charge in [0.1, 0.15) is 28.6 Å². The molecule has 0 aromatic carbocycles. The number of ether oxygens (including phenoxy) is 2. The third-order valence-corrected chi connectivity index (χ3v) is 6.66. The van der Waals surface area contributed by atoms with E-state index in [2.05, 4.69) is 41.7 Å². The fourth-order valence-electron chi connectivity index (χ4n) is 4.64. The van der Waals surface area contributed by atoms with Gasteiger partial charge in [0.25, 0.3) is 5.56 Å².